The van der Waals surface area contributed by atoms with Crippen LogP contribution in [-0.4, -0.2) is 35.2 Å². The summed E-state index contributed by atoms with van der Waals surface area (Å²) in [6.07, 6.45) is 4.82. The van der Waals surface area contributed by atoms with Crippen LogP contribution in [0, 0.1) is 0 Å². The highest BCUT2D eigenvalue weighted by atomic mass is 28.4. The van der Waals surface area contributed by atoms with Gasteiger partial charge < -0.3 is 9.53 Å². The molecular weight excluding hydrogens is 244 g/mol. The highest BCUT2D eigenvalue weighted by Crippen LogP contribution is 2.25. The first-order valence-corrected chi connectivity index (χ1v) is 13.5. The monoisotopic (exact) mass is 276 g/mol. The number of hydrogen-bond donors (Lipinski definition) is 1. The second-order valence-corrected chi connectivity index (χ2v) is 16.3. The van der Waals surface area contributed by atoms with Gasteiger partial charge in [-0.2, -0.15) is 0 Å². The molecule has 0 aliphatic carbocycles. The Kier molecular flexibility index (Phi) is 8.63. The van der Waals surface area contributed by atoms with Crippen LogP contribution >= 0.6 is 0 Å². The SMILES string of the molecule is CO[Si](C)(C)CC[Si](C)(C)CCCCCCO. The van der Waals surface area contributed by atoms with E-state index in [0.717, 1.165) is 6.42 Å². The van der Waals surface area contributed by atoms with Crippen molar-refractivity contribution in [2.24, 2.45) is 0 Å². The molecular formula is C13H32O2Si2. The summed E-state index contributed by atoms with van der Waals surface area (Å²) < 4.78 is 5.62. The van der Waals surface area contributed by atoms with Crippen molar-refractivity contribution in [3.63, 3.8) is 0 Å². The minimum atomic E-state index is -1.35. The van der Waals surface area contributed by atoms with Crippen LogP contribution in [0.25, 0.3) is 0 Å². The smallest absolute Gasteiger partial charge is 0.185 e. The fourth-order valence-corrected chi connectivity index (χ4v) is 8.71. The third-order valence-electron chi connectivity index (χ3n) is 3.72. The number of unbranched alkanes of at least 4 members (excludes halogenated alkanes) is 3. The van der Waals surface area contributed by atoms with Crippen molar-refractivity contribution in [3.05, 3.63) is 0 Å². The predicted molar refractivity (Wildman–Crippen MR) is 81.9 cm³/mol. The van der Waals surface area contributed by atoms with Crippen molar-refractivity contribution in [1.29, 1.82) is 0 Å². The van der Waals surface area contributed by atoms with Crippen molar-refractivity contribution in [2.45, 2.75) is 70.0 Å². The van der Waals surface area contributed by atoms with E-state index in [1.54, 1.807) is 0 Å². The Morgan fingerprint density at radius 2 is 1.41 bits per heavy atom. The average molecular weight is 277 g/mol. The number of aliphatic hydroxyl groups is 1. The van der Waals surface area contributed by atoms with Gasteiger partial charge in [-0.3, -0.25) is 0 Å². The van der Waals surface area contributed by atoms with E-state index in [-0.39, 0.29) is 0 Å². The molecule has 0 saturated carbocycles. The molecule has 0 aromatic carbocycles. The Bertz CT molecular complexity index is 194. The number of aliphatic hydroxyl groups excluding tert-OH is 1. The number of hydrogen-bond acceptors (Lipinski definition) is 2. The van der Waals surface area contributed by atoms with E-state index in [0.29, 0.717) is 6.61 Å². The van der Waals surface area contributed by atoms with Gasteiger partial charge in [-0.1, -0.05) is 44.4 Å². The zero-order valence-electron chi connectivity index (χ0n) is 12.5. The highest BCUT2D eigenvalue weighted by molar-refractivity contribution is 6.80. The van der Waals surface area contributed by atoms with Crippen LogP contribution in [0.15, 0.2) is 0 Å². The molecule has 0 aliphatic heterocycles. The van der Waals surface area contributed by atoms with E-state index >= 15 is 0 Å². The molecule has 0 radical (unpaired) electrons. The van der Waals surface area contributed by atoms with Gasteiger partial charge in [0, 0.05) is 21.8 Å². The molecule has 0 heterocycles. The summed E-state index contributed by atoms with van der Waals surface area (Å²) in [7, 11) is -0.472. The van der Waals surface area contributed by atoms with E-state index in [4.69, 9.17) is 9.53 Å². The molecule has 0 atom stereocenters. The summed E-state index contributed by atoms with van der Waals surface area (Å²) in [5.74, 6) is 0. The molecule has 0 rings (SSSR count). The highest BCUT2D eigenvalue weighted by Gasteiger charge is 2.27. The zero-order chi connectivity index (χ0) is 13.4. The maximum Gasteiger partial charge on any atom is 0.185 e. The molecule has 17 heavy (non-hydrogen) atoms. The fraction of sp³-hybridized carbons (Fsp3) is 1.00. The lowest BCUT2D eigenvalue weighted by Gasteiger charge is -2.27. The molecule has 104 valence electrons. The third kappa shape index (κ3) is 10.0. The molecule has 0 spiro atoms. The molecule has 0 aromatic rings. The van der Waals surface area contributed by atoms with Gasteiger partial charge in [-0.05, 0) is 25.6 Å². The van der Waals surface area contributed by atoms with Gasteiger partial charge in [0.25, 0.3) is 0 Å². The number of rotatable bonds is 10. The minimum Gasteiger partial charge on any atom is -0.420 e. The zero-order valence-corrected chi connectivity index (χ0v) is 14.5. The average Bonchev–Trinajstić information content (AvgIpc) is 2.27. The molecule has 0 aromatic heterocycles. The maximum absolute atomic E-state index is 8.73. The van der Waals surface area contributed by atoms with Crippen molar-refractivity contribution in [1.82, 2.24) is 0 Å². The van der Waals surface area contributed by atoms with Gasteiger partial charge in [0.2, 0.25) is 0 Å². The van der Waals surface area contributed by atoms with Crippen LogP contribution in [0.4, 0.5) is 0 Å². The van der Waals surface area contributed by atoms with Crippen LogP contribution in [0.3, 0.4) is 0 Å². The normalized spacial score (nSPS) is 13.1. The fourth-order valence-electron chi connectivity index (χ4n) is 1.94. The molecule has 0 fully saturated rings. The summed E-state index contributed by atoms with van der Waals surface area (Å²) in [5, 5.41) is 8.73. The summed E-state index contributed by atoms with van der Waals surface area (Å²) in [5.41, 5.74) is 0. The summed E-state index contributed by atoms with van der Waals surface area (Å²) in [6.45, 7) is 10.0. The van der Waals surface area contributed by atoms with E-state index in [9.17, 15) is 0 Å². The van der Waals surface area contributed by atoms with Gasteiger partial charge >= 0.3 is 0 Å². The second-order valence-electron chi connectivity index (χ2n) is 6.52. The van der Waals surface area contributed by atoms with Gasteiger partial charge in [0.15, 0.2) is 8.32 Å². The van der Waals surface area contributed by atoms with Crippen molar-refractivity contribution < 1.29 is 9.53 Å². The molecule has 1 N–H and O–H groups in total. The van der Waals surface area contributed by atoms with Crippen molar-refractivity contribution in [2.75, 3.05) is 13.7 Å². The van der Waals surface area contributed by atoms with Crippen LogP contribution in [-0.2, 0) is 4.43 Å². The third-order valence-corrected chi connectivity index (χ3v) is 10.1. The van der Waals surface area contributed by atoms with Crippen LogP contribution < -0.4 is 0 Å². The minimum absolute atomic E-state index is 0.356. The van der Waals surface area contributed by atoms with E-state index in [1.165, 1.54) is 37.4 Å². The van der Waals surface area contributed by atoms with Gasteiger partial charge in [-0.25, -0.2) is 0 Å². The molecule has 0 bridgehead atoms. The van der Waals surface area contributed by atoms with E-state index in [1.807, 2.05) is 7.11 Å². The molecule has 0 saturated heterocycles. The maximum atomic E-state index is 8.73. The van der Waals surface area contributed by atoms with Crippen LogP contribution in [0.2, 0.25) is 44.3 Å². The lowest BCUT2D eigenvalue weighted by Crippen LogP contribution is -2.33. The Morgan fingerprint density at radius 1 is 0.824 bits per heavy atom. The molecule has 2 nitrogen and oxygen atoms in total. The first-order valence-electron chi connectivity index (χ1n) is 6.99. The Morgan fingerprint density at radius 3 is 1.94 bits per heavy atom. The first kappa shape index (κ1) is 17.4. The predicted octanol–water partition coefficient (Wildman–Crippen LogP) is 4.10. The van der Waals surface area contributed by atoms with Crippen molar-refractivity contribution in [3.8, 4) is 0 Å². The molecule has 0 unspecified atom stereocenters. The lowest BCUT2D eigenvalue weighted by atomic mass is 10.2. The second kappa shape index (κ2) is 8.45. The van der Waals surface area contributed by atoms with Crippen molar-refractivity contribution >= 4 is 16.4 Å². The molecule has 0 amide bonds. The van der Waals surface area contributed by atoms with Crippen LogP contribution in [0.5, 0.6) is 0 Å². The lowest BCUT2D eigenvalue weighted by molar-refractivity contribution is 0.283. The Hall–Kier alpha value is 0.354. The van der Waals surface area contributed by atoms with Gasteiger partial charge in [0.05, 0.1) is 0 Å². The standard InChI is InChI=1S/C13H32O2Si2/c1-15-17(4,5)13-12-16(2,3)11-9-7-6-8-10-14/h14H,6-13H2,1-5H3. The summed E-state index contributed by atoms with van der Waals surface area (Å²) in [4.78, 5) is 0. The largest absolute Gasteiger partial charge is 0.420 e. The van der Waals surface area contributed by atoms with Gasteiger partial charge in [0.1, 0.15) is 0 Å². The van der Waals surface area contributed by atoms with Gasteiger partial charge in [-0.15, -0.1) is 0 Å². The Labute approximate surface area is 110 Å². The Balaban J connectivity index is 3.72. The summed E-state index contributed by atoms with van der Waals surface area (Å²) in [6, 6.07) is 4.17. The molecule has 0 aliphatic rings. The quantitative estimate of drug-likeness (QED) is 0.481. The van der Waals surface area contributed by atoms with Crippen LogP contribution in [0.1, 0.15) is 25.7 Å². The summed E-state index contributed by atoms with van der Waals surface area (Å²) >= 11 is 0. The van der Waals surface area contributed by atoms with E-state index < -0.39 is 16.4 Å². The topological polar surface area (TPSA) is 29.5 Å². The first-order chi connectivity index (χ1) is 7.83. The molecule has 4 heteroatoms. The van der Waals surface area contributed by atoms with E-state index in [2.05, 4.69) is 26.2 Å².